The summed E-state index contributed by atoms with van der Waals surface area (Å²) < 4.78 is 2.33. The molecule has 3 heterocycles. The predicted molar refractivity (Wildman–Crippen MR) is 214 cm³/mol. The maximum absolute atomic E-state index is 5.37. The van der Waals surface area contributed by atoms with E-state index in [4.69, 9.17) is 15.0 Å². The molecule has 2 aromatic heterocycles. The van der Waals surface area contributed by atoms with Gasteiger partial charge in [0.2, 0.25) is 5.95 Å². The molecule has 0 saturated heterocycles. The van der Waals surface area contributed by atoms with Gasteiger partial charge in [-0.3, -0.25) is 4.90 Å². The van der Waals surface area contributed by atoms with Crippen LogP contribution in [0, 0.1) is 0 Å². The molecule has 5 heteroatoms. The Morgan fingerprint density at radius 2 is 1.08 bits per heavy atom. The average Bonchev–Trinajstić information content (AvgIpc) is 3.55. The summed E-state index contributed by atoms with van der Waals surface area (Å²) in [5.74, 6) is 1.82. The van der Waals surface area contributed by atoms with E-state index in [9.17, 15) is 0 Å². The number of fused-ring (bicyclic) bond motifs is 7. The molecule has 52 heavy (non-hydrogen) atoms. The molecule has 0 bridgehead atoms. The highest BCUT2D eigenvalue weighted by Crippen LogP contribution is 2.52. The van der Waals surface area contributed by atoms with Crippen molar-refractivity contribution in [2.75, 3.05) is 4.90 Å². The Balaban J connectivity index is 1.20. The Hall–Kier alpha value is -7.11. The van der Waals surface area contributed by atoms with Crippen molar-refractivity contribution in [2.45, 2.75) is 0 Å². The second kappa shape index (κ2) is 11.2. The fraction of sp³-hybridized carbons (Fsp3) is 0. The van der Waals surface area contributed by atoms with Crippen molar-refractivity contribution in [1.82, 2.24) is 19.5 Å². The Labute approximate surface area is 299 Å². The van der Waals surface area contributed by atoms with Crippen LogP contribution in [-0.4, -0.2) is 19.5 Å². The second-order valence-electron chi connectivity index (χ2n) is 13.3. The lowest BCUT2D eigenvalue weighted by molar-refractivity contribution is 1.03. The van der Waals surface area contributed by atoms with Crippen molar-refractivity contribution >= 4 is 60.7 Å². The SMILES string of the molecule is c1ccc(-c2nc(-c3ccc4c(c3)c3ccccc3n4-c3ccccc3)nc(N3c4c(ccc5ccccc45)-c4cccc5cccc3c45)n2)cc1. The highest BCUT2D eigenvalue weighted by atomic mass is 15.3. The van der Waals surface area contributed by atoms with Crippen LogP contribution in [0.25, 0.3) is 82.9 Å². The van der Waals surface area contributed by atoms with Gasteiger partial charge in [0.25, 0.3) is 0 Å². The molecule has 0 aliphatic carbocycles. The third kappa shape index (κ3) is 4.26. The third-order valence-corrected chi connectivity index (χ3v) is 10.3. The summed E-state index contributed by atoms with van der Waals surface area (Å²) in [7, 11) is 0. The lowest BCUT2D eigenvalue weighted by Crippen LogP contribution is -2.19. The summed E-state index contributed by atoms with van der Waals surface area (Å²) in [5, 5.41) is 7.00. The van der Waals surface area contributed by atoms with Crippen LogP contribution in [-0.2, 0) is 0 Å². The van der Waals surface area contributed by atoms with E-state index in [0.717, 1.165) is 60.9 Å². The highest BCUT2D eigenvalue weighted by molar-refractivity contribution is 6.18. The standard InChI is InChI=1S/C47H29N5/c1-3-14-32(15-4-1)45-48-46(33-26-28-41-39(29-33)36-21-9-10-23-40(36)51(41)34-18-5-2-6-19-34)50-47(49-45)52-42-24-12-17-31-16-11-22-37(43(31)42)38-27-25-30-13-7-8-20-35(30)44(38)52/h1-29H. The summed E-state index contributed by atoms with van der Waals surface area (Å²) in [6.07, 6.45) is 0. The number of nitrogens with zero attached hydrogens (tertiary/aromatic N) is 5. The lowest BCUT2D eigenvalue weighted by atomic mass is 9.89. The molecule has 1 aliphatic heterocycles. The molecular weight excluding hydrogens is 635 g/mol. The van der Waals surface area contributed by atoms with Crippen LogP contribution in [0.2, 0.25) is 0 Å². The minimum absolute atomic E-state index is 0.579. The van der Waals surface area contributed by atoms with E-state index in [1.54, 1.807) is 0 Å². The van der Waals surface area contributed by atoms with Crippen molar-refractivity contribution in [1.29, 1.82) is 0 Å². The first-order valence-corrected chi connectivity index (χ1v) is 17.5. The first-order valence-electron chi connectivity index (χ1n) is 17.5. The Bertz CT molecular complexity index is 3020. The molecule has 0 radical (unpaired) electrons. The quantitative estimate of drug-likeness (QED) is 0.188. The van der Waals surface area contributed by atoms with Gasteiger partial charge in [0.15, 0.2) is 11.6 Å². The van der Waals surface area contributed by atoms with Crippen LogP contribution in [0.3, 0.4) is 0 Å². The fourth-order valence-corrected chi connectivity index (χ4v) is 8.05. The first-order chi connectivity index (χ1) is 25.8. The molecule has 10 aromatic rings. The monoisotopic (exact) mass is 663 g/mol. The van der Waals surface area contributed by atoms with Crippen molar-refractivity contribution in [3.05, 3.63) is 176 Å². The molecule has 11 rings (SSSR count). The fourth-order valence-electron chi connectivity index (χ4n) is 8.05. The topological polar surface area (TPSA) is 46.8 Å². The van der Waals surface area contributed by atoms with Crippen LogP contribution < -0.4 is 4.90 Å². The normalized spacial score (nSPS) is 12.2. The van der Waals surface area contributed by atoms with E-state index in [-0.39, 0.29) is 0 Å². The second-order valence-corrected chi connectivity index (χ2v) is 13.3. The summed E-state index contributed by atoms with van der Waals surface area (Å²) in [5.41, 5.74) is 9.77. The smallest absolute Gasteiger partial charge is 0.238 e. The molecule has 8 aromatic carbocycles. The Morgan fingerprint density at radius 1 is 0.404 bits per heavy atom. The van der Waals surface area contributed by atoms with Crippen LogP contribution in [0.4, 0.5) is 17.3 Å². The van der Waals surface area contributed by atoms with Crippen molar-refractivity contribution in [3.8, 4) is 39.6 Å². The average molecular weight is 664 g/mol. The Morgan fingerprint density at radius 3 is 1.92 bits per heavy atom. The molecule has 0 N–H and O–H groups in total. The lowest BCUT2D eigenvalue weighted by Gasteiger charge is -2.33. The van der Waals surface area contributed by atoms with E-state index < -0.39 is 0 Å². The van der Waals surface area contributed by atoms with Gasteiger partial charge in [-0.2, -0.15) is 9.97 Å². The molecule has 0 fully saturated rings. The molecule has 242 valence electrons. The third-order valence-electron chi connectivity index (χ3n) is 10.3. The number of hydrogen-bond acceptors (Lipinski definition) is 4. The molecule has 1 aliphatic rings. The van der Waals surface area contributed by atoms with Crippen molar-refractivity contribution in [3.63, 3.8) is 0 Å². The summed E-state index contributed by atoms with van der Waals surface area (Å²) in [6.45, 7) is 0. The summed E-state index contributed by atoms with van der Waals surface area (Å²) >= 11 is 0. The van der Waals surface area contributed by atoms with E-state index in [0.29, 0.717) is 17.6 Å². The van der Waals surface area contributed by atoms with Gasteiger partial charge in [-0.15, -0.1) is 0 Å². The van der Waals surface area contributed by atoms with E-state index in [1.165, 1.54) is 21.7 Å². The molecule has 5 nitrogen and oxygen atoms in total. The zero-order chi connectivity index (χ0) is 34.2. The van der Waals surface area contributed by atoms with E-state index >= 15 is 0 Å². The number of benzene rings is 8. The number of aromatic nitrogens is 4. The minimum atomic E-state index is 0.579. The molecule has 0 amide bonds. The number of rotatable bonds is 4. The zero-order valence-corrected chi connectivity index (χ0v) is 28.0. The van der Waals surface area contributed by atoms with E-state index in [2.05, 4.69) is 167 Å². The van der Waals surface area contributed by atoms with Gasteiger partial charge < -0.3 is 4.57 Å². The molecule has 0 atom stereocenters. The van der Waals surface area contributed by atoms with Crippen LogP contribution >= 0.6 is 0 Å². The molecule has 0 spiro atoms. The summed E-state index contributed by atoms with van der Waals surface area (Å²) in [4.78, 5) is 18.1. The van der Waals surface area contributed by atoms with Gasteiger partial charge in [0.1, 0.15) is 0 Å². The highest BCUT2D eigenvalue weighted by Gasteiger charge is 2.30. The first kappa shape index (κ1) is 28.7. The largest absolute Gasteiger partial charge is 0.309 e. The maximum atomic E-state index is 5.37. The van der Waals surface area contributed by atoms with Gasteiger partial charge in [-0.05, 0) is 58.8 Å². The molecular formula is C47H29N5. The van der Waals surface area contributed by atoms with Gasteiger partial charge in [0, 0.05) is 43.9 Å². The van der Waals surface area contributed by atoms with Crippen molar-refractivity contribution < 1.29 is 0 Å². The van der Waals surface area contributed by atoms with Crippen LogP contribution in [0.15, 0.2) is 176 Å². The number of anilines is 3. The minimum Gasteiger partial charge on any atom is -0.309 e. The maximum Gasteiger partial charge on any atom is 0.238 e. The predicted octanol–water partition coefficient (Wildman–Crippen LogP) is 12.1. The zero-order valence-electron chi connectivity index (χ0n) is 28.0. The molecule has 0 unspecified atom stereocenters. The molecule has 0 saturated carbocycles. The summed E-state index contributed by atoms with van der Waals surface area (Å²) in [6, 6.07) is 62.0. The Kier molecular flexibility index (Phi) is 6.18. The van der Waals surface area contributed by atoms with E-state index in [1.807, 2.05) is 18.2 Å². The van der Waals surface area contributed by atoms with Gasteiger partial charge in [-0.1, -0.05) is 133 Å². The van der Waals surface area contributed by atoms with Gasteiger partial charge >= 0.3 is 0 Å². The van der Waals surface area contributed by atoms with Crippen LogP contribution in [0.1, 0.15) is 0 Å². The van der Waals surface area contributed by atoms with Gasteiger partial charge in [-0.25, -0.2) is 4.98 Å². The van der Waals surface area contributed by atoms with Gasteiger partial charge in [0.05, 0.1) is 22.4 Å². The number of para-hydroxylation sites is 2. The number of hydrogen-bond donors (Lipinski definition) is 0. The van der Waals surface area contributed by atoms with Crippen molar-refractivity contribution in [2.24, 2.45) is 0 Å². The van der Waals surface area contributed by atoms with Crippen LogP contribution in [0.5, 0.6) is 0 Å².